The van der Waals surface area contributed by atoms with E-state index >= 15 is 0 Å². The Morgan fingerprint density at radius 1 is 1.44 bits per heavy atom. The number of aliphatic hydroxyl groups excluding tert-OH is 1. The number of benzene rings is 1. The van der Waals surface area contributed by atoms with Gasteiger partial charge in [-0.1, -0.05) is 12.1 Å². The molecule has 0 aliphatic rings. The van der Waals surface area contributed by atoms with Gasteiger partial charge in [0.2, 0.25) is 0 Å². The van der Waals surface area contributed by atoms with Gasteiger partial charge in [0.15, 0.2) is 0 Å². The molecule has 0 spiro atoms. The Morgan fingerprint density at radius 2 is 2.06 bits per heavy atom. The van der Waals surface area contributed by atoms with Crippen LogP contribution < -0.4 is 4.74 Å². The van der Waals surface area contributed by atoms with Crippen molar-refractivity contribution in [3.05, 3.63) is 29.3 Å². The zero-order valence-electron chi connectivity index (χ0n) is 9.60. The summed E-state index contributed by atoms with van der Waals surface area (Å²) in [4.78, 5) is 10.7. The van der Waals surface area contributed by atoms with Gasteiger partial charge in [0.05, 0.1) is 19.1 Å². The molecule has 0 saturated heterocycles. The van der Waals surface area contributed by atoms with E-state index in [1.807, 2.05) is 6.92 Å². The number of carboxylic acid groups (broad SMARTS) is 1. The molecule has 0 saturated carbocycles. The van der Waals surface area contributed by atoms with Crippen LogP contribution in [0.2, 0.25) is 0 Å². The van der Waals surface area contributed by atoms with Crippen LogP contribution in [0.4, 0.5) is 0 Å². The first-order valence-electron chi connectivity index (χ1n) is 5.02. The number of hydrogen-bond acceptors (Lipinski definition) is 3. The van der Waals surface area contributed by atoms with Gasteiger partial charge in [-0.15, -0.1) is 0 Å². The molecule has 0 amide bonds. The normalized spacial score (nSPS) is 14.2. The van der Waals surface area contributed by atoms with E-state index < -0.39 is 18.0 Å². The number of carbonyl (C=O) groups is 1. The second-order valence-corrected chi connectivity index (χ2v) is 3.80. The number of aliphatic hydroxyl groups is 1. The first kappa shape index (κ1) is 12.5. The van der Waals surface area contributed by atoms with Gasteiger partial charge < -0.3 is 14.9 Å². The molecule has 0 aliphatic carbocycles. The third-order valence-corrected chi connectivity index (χ3v) is 2.64. The lowest BCUT2D eigenvalue weighted by Gasteiger charge is -2.16. The van der Waals surface area contributed by atoms with E-state index in [4.69, 9.17) is 9.84 Å². The summed E-state index contributed by atoms with van der Waals surface area (Å²) in [5.74, 6) is -1.21. The monoisotopic (exact) mass is 224 g/mol. The fourth-order valence-electron chi connectivity index (χ4n) is 1.44. The fraction of sp³-hybridized carbons (Fsp3) is 0.417. The van der Waals surface area contributed by atoms with Crippen LogP contribution in [0.5, 0.6) is 5.75 Å². The Balaban J connectivity index is 3.00. The Labute approximate surface area is 94.5 Å². The van der Waals surface area contributed by atoms with Gasteiger partial charge in [-0.25, -0.2) is 0 Å². The number of ether oxygens (including phenoxy) is 1. The molecule has 0 fully saturated rings. The molecule has 0 aromatic heterocycles. The third kappa shape index (κ3) is 2.52. The molecule has 0 radical (unpaired) electrons. The van der Waals surface area contributed by atoms with E-state index in [1.54, 1.807) is 25.3 Å². The number of aliphatic carboxylic acids is 1. The lowest BCUT2D eigenvalue weighted by molar-refractivity contribution is -0.145. The maximum absolute atomic E-state index is 10.7. The van der Waals surface area contributed by atoms with Crippen molar-refractivity contribution in [3.8, 4) is 5.75 Å². The van der Waals surface area contributed by atoms with Gasteiger partial charge in [-0.05, 0) is 31.0 Å². The highest BCUT2D eigenvalue weighted by molar-refractivity contribution is 5.70. The van der Waals surface area contributed by atoms with Gasteiger partial charge in [0.25, 0.3) is 0 Å². The summed E-state index contributed by atoms with van der Waals surface area (Å²) in [6.07, 6.45) is -1.02. The van der Waals surface area contributed by atoms with Crippen LogP contribution in [0.15, 0.2) is 18.2 Å². The van der Waals surface area contributed by atoms with Crippen molar-refractivity contribution in [2.24, 2.45) is 5.92 Å². The fourth-order valence-corrected chi connectivity index (χ4v) is 1.44. The average Bonchev–Trinajstić information content (AvgIpc) is 2.27. The summed E-state index contributed by atoms with van der Waals surface area (Å²) in [5.41, 5.74) is 1.50. The molecule has 1 aromatic rings. The zero-order valence-corrected chi connectivity index (χ0v) is 9.60. The molecule has 0 heterocycles. The first-order valence-corrected chi connectivity index (χ1v) is 5.02. The van der Waals surface area contributed by atoms with Crippen LogP contribution >= 0.6 is 0 Å². The van der Waals surface area contributed by atoms with Gasteiger partial charge >= 0.3 is 5.97 Å². The quantitative estimate of drug-likeness (QED) is 0.817. The summed E-state index contributed by atoms with van der Waals surface area (Å²) in [7, 11) is 1.54. The molecule has 0 aliphatic heterocycles. The third-order valence-electron chi connectivity index (χ3n) is 2.64. The molecule has 0 bridgehead atoms. The Bertz CT molecular complexity index is 387. The van der Waals surface area contributed by atoms with E-state index in [0.717, 1.165) is 5.56 Å². The van der Waals surface area contributed by atoms with E-state index in [1.165, 1.54) is 6.92 Å². The molecule has 2 unspecified atom stereocenters. The highest BCUT2D eigenvalue weighted by Gasteiger charge is 2.23. The number of aryl methyl sites for hydroxylation is 1. The van der Waals surface area contributed by atoms with Crippen molar-refractivity contribution in [1.82, 2.24) is 0 Å². The van der Waals surface area contributed by atoms with Crippen LogP contribution in [0, 0.1) is 12.8 Å². The van der Waals surface area contributed by atoms with E-state index in [0.29, 0.717) is 11.3 Å². The molecule has 4 nitrogen and oxygen atoms in total. The summed E-state index contributed by atoms with van der Waals surface area (Å²) >= 11 is 0. The largest absolute Gasteiger partial charge is 0.496 e. The Morgan fingerprint density at radius 3 is 2.56 bits per heavy atom. The van der Waals surface area contributed by atoms with Gasteiger partial charge in [-0.3, -0.25) is 4.79 Å². The maximum Gasteiger partial charge on any atom is 0.309 e. The minimum Gasteiger partial charge on any atom is -0.496 e. The van der Waals surface area contributed by atoms with Crippen molar-refractivity contribution < 1.29 is 19.7 Å². The molecular formula is C12H16O4. The second-order valence-electron chi connectivity index (χ2n) is 3.80. The topological polar surface area (TPSA) is 66.8 Å². The van der Waals surface area contributed by atoms with Crippen molar-refractivity contribution in [2.45, 2.75) is 20.0 Å². The van der Waals surface area contributed by atoms with Crippen LogP contribution in [-0.4, -0.2) is 23.3 Å². The van der Waals surface area contributed by atoms with Crippen molar-refractivity contribution in [1.29, 1.82) is 0 Å². The van der Waals surface area contributed by atoms with Gasteiger partial charge in [-0.2, -0.15) is 0 Å². The molecule has 4 heteroatoms. The number of hydrogen-bond donors (Lipinski definition) is 2. The lowest BCUT2D eigenvalue weighted by atomic mass is 9.96. The average molecular weight is 224 g/mol. The van der Waals surface area contributed by atoms with E-state index in [9.17, 15) is 9.90 Å². The summed E-state index contributed by atoms with van der Waals surface area (Å²) in [6.45, 7) is 3.36. The van der Waals surface area contributed by atoms with Crippen LogP contribution in [0.1, 0.15) is 24.2 Å². The molecule has 88 valence electrons. The minimum absolute atomic E-state index is 0.553. The smallest absolute Gasteiger partial charge is 0.309 e. The zero-order chi connectivity index (χ0) is 12.3. The van der Waals surface area contributed by atoms with Crippen LogP contribution in [0.25, 0.3) is 0 Å². The van der Waals surface area contributed by atoms with Crippen molar-refractivity contribution >= 4 is 5.97 Å². The SMILES string of the molecule is COc1cc(C(O)C(C)C(=O)O)ccc1C. The summed E-state index contributed by atoms with van der Waals surface area (Å²) in [6, 6.07) is 5.17. The number of methoxy groups -OCH3 is 1. The minimum atomic E-state index is -1.02. The molecular weight excluding hydrogens is 208 g/mol. The predicted octanol–water partition coefficient (Wildman–Crippen LogP) is 1.76. The van der Waals surface area contributed by atoms with E-state index in [2.05, 4.69) is 0 Å². The molecule has 1 aromatic carbocycles. The van der Waals surface area contributed by atoms with Gasteiger partial charge in [0.1, 0.15) is 5.75 Å². The van der Waals surface area contributed by atoms with Crippen LogP contribution in [-0.2, 0) is 4.79 Å². The number of rotatable bonds is 4. The van der Waals surface area contributed by atoms with E-state index in [-0.39, 0.29) is 0 Å². The maximum atomic E-state index is 10.7. The number of carboxylic acids is 1. The lowest BCUT2D eigenvalue weighted by Crippen LogP contribution is -2.18. The van der Waals surface area contributed by atoms with Crippen LogP contribution in [0.3, 0.4) is 0 Å². The first-order chi connectivity index (χ1) is 7.47. The van der Waals surface area contributed by atoms with Gasteiger partial charge in [0, 0.05) is 0 Å². The molecule has 2 N–H and O–H groups in total. The molecule has 1 rings (SSSR count). The molecule has 2 atom stereocenters. The Kier molecular flexibility index (Phi) is 3.90. The second kappa shape index (κ2) is 4.99. The molecule has 16 heavy (non-hydrogen) atoms. The highest BCUT2D eigenvalue weighted by atomic mass is 16.5. The van der Waals surface area contributed by atoms with Crippen molar-refractivity contribution in [3.63, 3.8) is 0 Å². The predicted molar refractivity (Wildman–Crippen MR) is 59.5 cm³/mol. The highest BCUT2D eigenvalue weighted by Crippen LogP contribution is 2.27. The summed E-state index contributed by atoms with van der Waals surface area (Å²) in [5, 5.41) is 18.6. The standard InChI is InChI=1S/C12H16O4/c1-7-4-5-9(6-10(7)16-3)11(13)8(2)12(14)15/h4-6,8,11,13H,1-3H3,(H,14,15). The van der Waals surface area contributed by atoms with Crippen molar-refractivity contribution in [2.75, 3.05) is 7.11 Å². The summed E-state index contributed by atoms with van der Waals surface area (Å²) < 4.78 is 5.12. The Hall–Kier alpha value is -1.55.